The Bertz CT molecular complexity index is 617. The van der Waals surface area contributed by atoms with Gasteiger partial charge in [0, 0.05) is 25.0 Å². The van der Waals surface area contributed by atoms with E-state index in [9.17, 15) is 9.59 Å². The first-order chi connectivity index (χ1) is 12.6. The Hall–Kier alpha value is -1.88. The molecule has 0 atom stereocenters. The zero-order valence-electron chi connectivity index (χ0n) is 16.0. The average molecular weight is 357 g/mol. The van der Waals surface area contributed by atoms with Gasteiger partial charge in [0.2, 0.25) is 11.8 Å². The third-order valence-electron chi connectivity index (χ3n) is 5.45. The number of benzene rings is 1. The van der Waals surface area contributed by atoms with E-state index in [-0.39, 0.29) is 17.7 Å². The number of rotatable bonds is 7. The molecule has 2 amide bonds. The van der Waals surface area contributed by atoms with E-state index in [2.05, 4.69) is 46.3 Å². The molecule has 1 aliphatic carbocycles. The van der Waals surface area contributed by atoms with E-state index in [1.165, 1.54) is 11.1 Å². The summed E-state index contributed by atoms with van der Waals surface area (Å²) in [5.41, 5.74) is 2.44. The zero-order valence-corrected chi connectivity index (χ0v) is 16.0. The molecule has 2 fully saturated rings. The Morgan fingerprint density at radius 3 is 2.35 bits per heavy atom. The van der Waals surface area contributed by atoms with Gasteiger partial charge in [0.05, 0.1) is 6.54 Å². The first kappa shape index (κ1) is 18.9. The van der Waals surface area contributed by atoms with E-state index >= 15 is 0 Å². The molecule has 1 saturated heterocycles. The monoisotopic (exact) mass is 357 g/mol. The predicted octanol–water partition coefficient (Wildman–Crippen LogP) is 2.33. The van der Waals surface area contributed by atoms with Crippen LogP contribution < -0.4 is 5.32 Å². The number of aryl methyl sites for hydroxylation is 1. The Morgan fingerprint density at radius 2 is 1.77 bits per heavy atom. The summed E-state index contributed by atoms with van der Waals surface area (Å²) in [5.74, 6) is 0.496. The maximum Gasteiger partial charge on any atom is 0.237 e. The van der Waals surface area contributed by atoms with Crippen LogP contribution in [-0.2, 0) is 16.1 Å². The van der Waals surface area contributed by atoms with E-state index in [0.29, 0.717) is 25.7 Å². The van der Waals surface area contributed by atoms with Crippen LogP contribution in [0.1, 0.15) is 43.7 Å². The second-order valence-corrected chi connectivity index (χ2v) is 7.68. The number of hydrogen-bond donors (Lipinski definition) is 1. The minimum Gasteiger partial charge on any atom is -0.356 e. The number of carbonyl (C=O) groups is 2. The van der Waals surface area contributed by atoms with Crippen molar-refractivity contribution in [2.75, 3.05) is 26.2 Å². The molecule has 0 spiro atoms. The van der Waals surface area contributed by atoms with Gasteiger partial charge in [-0.2, -0.15) is 0 Å². The predicted molar refractivity (Wildman–Crippen MR) is 103 cm³/mol. The first-order valence-electron chi connectivity index (χ1n) is 9.92. The molecule has 1 heterocycles. The van der Waals surface area contributed by atoms with Crippen LogP contribution >= 0.6 is 0 Å². The minimum atomic E-state index is 0.105. The molecule has 0 aromatic heterocycles. The molecule has 26 heavy (non-hydrogen) atoms. The third kappa shape index (κ3) is 5.07. The molecule has 0 bridgehead atoms. The maximum atomic E-state index is 12.9. The number of nitrogens with one attached hydrogen (secondary N) is 1. The number of carbonyl (C=O) groups excluding carboxylic acids is 2. The lowest BCUT2D eigenvalue weighted by Gasteiger charge is -2.32. The Morgan fingerprint density at radius 1 is 1.12 bits per heavy atom. The highest BCUT2D eigenvalue weighted by Gasteiger charge is 2.34. The lowest BCUT2D eigenvalue weighted by atomic mass is 9.96. The number of piperidine rings is 1. The summed E-state index contributed by atoms with van der Waals surface area (Å²) >= 11 is 0. The topological polar surface area (TPSA) is 52.7 Å². The third-order valence-corrected chi connectivity index (χ3v) is 5.45. The molecule has 1 aliphatic heterocycles. The second-order valence-electron chi connectivity index (χ2n) is 7.68. The van der Waals surface area contributed by atoms with Crippen molar-refractivity contribution in [3.05, 3.63) is 35.4 Å². The van der Waals surface area contributed by atoms with Gasteiger partial charge in [-0.25, -0.2) is 0 Å². The van der Waals surface area contributed by atoms with Gasteiger partial charge in [-0.15, -0.1) is 0 Å². The van der Waals surface area contributed by atoms with Gasteiger partial charge in [-0.05, 0) is 58.2 Å². The molecule has 142 valence electrons. The fourth-order valence-corrected chi connectivity index (χ4v) is 3.65. The molecule has 0 radical (unpaired) electrons. The summed E-state index contributed by atoms with van der Waals surface area (Å²) in [6, 6.07) is 8.87. The van der Waals surface area contributed by atoms with Gasteiger partial charge in [0.15, 0.2) is 0 Å². The second kappa shape index (κ2) is 8.67. The standard InChI is InChI=1S/C21H31N3O2/c1-3-22-21(26)18-10-12-23(13-11-18)15-20(25)24(19-8-9-19)14-17-6-4-16(2)5-7-17/h4-7,18-19H,3,8-15H2,1-2H3,(H,22,26). The zero-order chi connectivity index (χ0) is 18.5. The van der Waals surface area contributed by atoms with E-state index in [1.807, 2.05) is 6.92 Å². The number of likely N-dealkylation sites (tertiary alicyclic amines) is 1. The van der Waals surface area contributed by atoms with Crippen molar-refractivity contribution < 1.29 is 9.59 Å². The number of hydrogen-bond acceptors (Lipinski definition) is 3. The van der Waals surface area contributed by atoms with Gasteiger partial charge in [0.25, 0.3) is 0 Å². The minimum absolute atomic E-state index is 0.105. The summed E-state index contributed by atoms with van der Waals surface area (Å²) in [5, 5.41) is 2.91. The molecular weight excluding hydrogens is 326 g/mol. The van der Waals surface area contributed by atoms with E-state index in [0.717, 1.165) is 38.8 Å². The van der Waals surface area contributed by atoms with Crippen molar-refractivity contribution >= 4 is 11.8 Å². The normalized spacial score (nSPS) is 18.5. The lowest BCUT2D eigenvalue weighted by molar-refractivity contribution is -0.134. The quantitative estimate of drug-likeness (QED) is 0.815. The Labute approximate surface area is 156 Å². The summed E-state index contributed by atoms with van der Waals surface area (Å²) in [6.07, 6.45) is 3.94. The van der Waals surface area contributed by atoms with Crippen LogP contribution in [0.15, 0.2) is 24.3 Å². The summed E-state index contributed by atoms with van der Waals surface area (Å²) < 4.78 is 0. The van der Waals surface area contributed by atoms with Crippen molar-refractivity contribution in [2.45, 2.75) is 52.1 Å². The number of amides is 2. The van der Waals surface area contributed by atoms with Crippen LogP contribution in [0.5, 0.6) is 0 Å². The molecule has 2 aliphatic rings. The molecular formula is C21H31N3O2. The first-order valence-corrected chi connectivity index (χ1v) is 9.92. The molecule has 1 N–H and O–H groups in total. The molecule has 1 aromatic rings. The fraction of sp³-hybridized carbons (Fsp3) is 0.619. The lowest BCUT2D eigenvalue weighted by Crippen LogP contribution is -2.46. The molecule has 5 nitrogen and oxygen atoms in total. The van der Waals surface area contributed by atoms with Crippen molar-refractivity contribution in [3.63, 3.8) is 0 Å². The van der Waals surface area contributed by atoms with Crippen LogP contribution in [0.2, 0.25) is 0 Å². The molecule has 0 unspecified atom stereocenters. The summed E-state index contributed by atoms with van der Waals surface area (Å²) in [6.45, 7) is 7.56. The van der Waals surface area contributed by atoms with E-state index < -0.39 is 0 Å². The molecule has 3 rings (SSSR count). The van der Waals surface area contributed by atoms with Gasteiger partial charge >= 0.3 is 0 Å². The van der Waals surface area contributed by atoms with Crippen LogP contribution in [0, 0.1) is 12.8 Å². The van der Waals surface area contributed by atoms with Gasteiger partial charge in [-0.3, -0.25) is 14.5 Å². The largest absolute Gasteiger partial charge is 0.356 e. The molecule has 5 heteroatoms. The Balaban J connectivity index is 1.51. The highest BCUT2D eigenvalue weighted by molar-refractivity contribution is 5.80. The molecule has 1 saturated carbocycles. The molecule has 1 aromatic carbocycles. The SMILES string of the molecule is CCNC(=O)C1CCN(CC(=O)N(Cc2ccc(C)cc2)C2CC2)CC1. The van der Waals surface area contributed by atoms with Crippen LogP contribution in [0.25, 0.3) is 0 Å². The van der Waals surface area contributed by atoms with E-state index in [1.54, 1.807) is 0 Å². The van der Waals surface area contributed by atoms with Crippen LogP contribution in [0.4, 0.5) is 0 Å². The van der Waals surface area contributed by atoms with Gasteiger partial charge < -0.3 is 10.2 Å². The summed E-state index contributed by atoms with van der Waals surface area (Å²) in [4.78, 5) is 29.1. The van der Waals surface area contributed by atoms with Crippen molar-refractivity contribution in [2.24, 2.45) is 5.92 Å². The van der Waals surface area contributed by atoms with Crippen molar-refractivity contribution in [3.8, 4) is 0 Å². The summed E-state index contributed by atoms with van der Waals surface area (Å²) in [7, 11) is 0. The van der Waals surface area contributed by atoms with Crippen LogP contribution in [0.3, 0.4) is 0 Å². The van der Waals surface area contributed by atoms with Crippen molar-refractivity contribution in [1.29, 1.82) is 0 Å². The highest BCUT2D eigenvalue weighted by Crippen LogP contribution is 2.29. The fourth-order valence-electron chi connectivity index (χ4n) is 3.65. The van der Waals surface area contributed by atoms with Crippen LogP contribution in [-0.4, -0.2) is 53.8 Å². The maximum absolute atomic E-state index is 12.9. The smallest absolute Gasteiger partial charge is 0.237 e. The number of nitrogens with zero attached hydrogens (tertiary/aromatic N) is 2. The highest BCUT2D eigenvalue weighted by atomic mass is 16.2. The van der Waals surface area contributed by atoms with Gasteiger partial charge in [0.1, 0.15) is 0 Å². The average Bonchev–Trinajstić information content (AvgIpc) is 3.47. The van der Waals surface area contributed by atoms with Crippen molar-refractivity contribution in [1.82, 2.24) is 15.1 Å². The van der Waals surface area contributed by atoms with Gasteiger partial charge in [-0.1, -0.05) is 29.8 Å². The van der Waals surface area contributed by atoms with E-state index in [4.69, 9.17) is 0 Å². The Kier molecular flexibility index (Phi) is 6.30.